The molecule has 0 aliphatic carbocycles. The monoisotopic (exact) mass is 315 g/mol. The van der Waals surface area contributed by atoms with Crippen LogP contribution in [-0.4, -0.2) is 40.1 Å². The first-order valence-electron chi connectivity index (χ1n) is 7.04. The second kappa shape index (κ2) is 7.88. The Balaban J connectivity index is 1.81. The molecule has 1 heterocycles. The second-order valence-corrected chi connectivity index (χ2v) is 4.85. The molecule has 1 aromatic heterocycles. The van der Waals surface area contributed by atoms with E-state index in [2.05, 4.69) is 15.3 Å². The summed E-state index contributed by atoms with van der Waals surface area (Å²) in [4.78, 5) is 30.2. The minimum Gasteiger partial charge on any atom is -0.482 e. The predicted octanol–water partition coefficient (Wildman–Crippen LogP) is 1.22. The molecule has 0 aliphatic rings. The van der Waals surface area contributed by atoms with Crippen LogP contribution in [0.15, 0.2) is 36.8 Å². The van der Waals surface area contributed by atoms with Crippen molar-refractivity contribution in [2.45, 2.75) is 13.3 Å². The Hall–Kier alpha value is -2.96. The van der Waals surface area contributed by atoms with Gasteiger partial charge < -0.3 is 15.2 Å². The van der Waals surface area contributed by atoms with Gasteiger partial charge in [-0.15, -0.1) is 0 Å². The Morgan fingerprint density at radius 3 is 2.65 bits per heavy atom. The molecule has 2 aromatic rings. The van der Waals surface area contributed by atoms with Gasteiger partial charge >= 0.3 is 5.97 Å². The van der Waals surface area contributed by atoms with Gasteiger partial charge in [-0.2, -0.15) is 0 Å². The van der Waals surface area contributed by atoms with E-state index in [1.165, 1.54) is 12.5 Å². The maximum absolute atomic E-state index is 12.0. The third-order valence-electron chi connectivity index (χ3n) is 3.14. The molecule has 1 amide bonds. The smallest absolute Gasteiger partial charge is 0.341 e. The SMILES string of the molecule is Cc1ncncc1C(=O)NCCc1ccc(OCC(=O)O)cc1. The second-order valence-electron chi connectivity index (χ2n) is 4.85. The summed E-state index contributed by atoms with van der Waals surface area (Å²) in [6, 6.07) is 7.07. The van der Waals surface area contributed by atoms with Gasteiger partial charge in [-0.05, 0) is 31.0 Å². The molecule has 0 radical (unpaired) electrons. The maximum atomic E-state index is 12.0. The number of carbonyl (C=O) groups is 2. The Morgan fingerprint density at radius 2 is 2.00 bits per heavy atom. The number of ether oxygens (including phenoxy) is 1. The lowest BCUT2D eigenvalue weighted by Crippen LogP contribution is -2.26. The molecule has 1 aromatic carbocycles. The number of amides is 1. The summed E-state index contributed by atoms with van der Waals surface area (Å²) < 4.78 is 5.05. The van der Waals surface area contributed by atoms with Crippen LogP contribution in [0.25, 0.3) is 0 Å². The van der Waals surface area contributed by atoms with E-state index in [0.717, 1.165) is 5.56 Å². The summed E-state index contributed by atoms with van der Waals surface area (Å²) >= 11 is 0. The van der Waals surface area contributed by atoms with Crippen molar-refractivity contribution in [3.05, 3.63) is 53.6 Å². The van der Waals surface area contributed by atoms with Crippen LogP contribution < -0.4 is 10.1 Å². The topological polar surface area (TPSA) is 101 Å². The lowest BCUT2D eigenvalue weighted by molar-refractivity contribution is -0.139. The Bertz CT molecular complexity index is 686. The molecule has 0 saturated heterocycles. The Kier molecular flexibility index (Phi) is 5.62. The molecule has 0 aliphatic heterocycles. The Morgan fingerprint density at radius 1 is 1.26 bits per heavy atom. The number of aromatic nitrogens is 2. The molecule has 0 atom stereocenters. The summed E-state index contributed by atoms with van der Waals surface area (Å²) in [7, 11) is 0. The summed E-state index contributed by atoms with van der Waals surface area (Å²) in [6.07, 6.45) is 3.55. The normalized spacial score (nSPS) is 10.1. The molecule has 0 bridgehead atoms. The van der Waals surface area contributed by atoms with Crippen molar-refractivity contribution in [1.82, 2.24) is 15.3 Å². The summed E-state index contributed by atoms with van der Waals surface area (Å²) in [5.74, 6) is -0.723. The molecule has 0 fully saturated rings. The highest BCUT2D eigenvalue weighted by Crippen LogP contribution is 2.12. The van der Waals surface area contributed by atoms with E-state index >= 15 is 0 Å². The maximum Gasteiger partial charge on any atom is 0.341 e. The lowest BCUT2D eigenvalue weighted by Gasteiger charge is -2.07. The van der Waals surface area contributed by atoms with Crippen LogP contribution in [0.4, 0.5) is 0 Å². The zero-order valence-corrected chi connectivity index (χ0v) is 12.7. The molecule has 2 N–H and O–H groups in total. The predicted molar refractivity (Wildman–Crippen MR) is 82.4 cm³/mol. The zero-order valence-electron chi connectivity index (χ0n) is 12.7. The van der Waals surface area contributed by atoms with Crippen molar-refractivity contribution < 1.29 is 19.4 Å². The number of carboxylic acid groups (broad SMARTS) is 1. The third-order valence-corrected chi connectivity index (χ3v) is 3.14. The molecule has 120 valence electrons. The molecule has 0 spiro atoms. The molecule has 7 nitrogen and oxygen atoms in total. The van der Waals surface area contributed by atoms with Gasteiger partial charge in [0.1, 0.15) is 12.1 Å². The summed E-state index contributed by atoms with van der Waals surface area (Å²) in [6.45, 7) is 1.86. The van der Waals surface area contributed by atoms with Crippen molar-refractivity contribution in [3.63, 3.8) is 0 Å². The Labute approximate surface area is 133 Å². The van der Waals surface area contributed by atoms with Crippen molar-refractivity contribution in [1.29, 1.82) is 0 Å². The van der Waals surface area contributed by atoms with E-state index in [1.54, 1.807) is 19.1 Å². The van der Waals surface area contributed by atoms with Crippen molar-refractivity contribution in [3.8, 4) is 5.75 Å². The van der Waals surface area contributed by atoms with Crippen LogP contribution in [0.2, 0.25) is 0 Å². The fraction of sp³-hybridized carbons (Fsp3) is 0.250. The fourth-order valence-corrected chi connectivity index (χ4v) is 1.93. The summed E-state index contributed by atoms with van der Waals surface area (Å²) in [5, 5.41) is 11.4. The van der Waals surface area contributed by atoms with E-state index in [-0.39, 0.29) is 12.5 Å². The highest BCUT2D eigenvalue weighted by molar-refractivity contribution is 5.94. The highest BCUT2D eigenvalue weighted by atomic mass is 16.5. The number of nitrogens with one attached hydrogen (secondary N) is 1. The van der Waals surface area contributed by atoms with Gasteiger partial charge in [-0.3, -0.25) is 4.79 Å². The zero-order chi connectivity index (χ0) is 16.7. The minimum absolute atomic E-state index is 0.204. The van der Waals surface area contributed by atoms with Gasteiger partial charge in [0.05, 0.1) is 11.3 Å². The van der Waals surface area contributed by atoms with Gasteiger partial charge in [0.15, 0.2) is 6.61 Å². The lowest BCUT2D eigenvalue weighted by atomic mass is 10.1. The number of rotatable bonds is 7. The van der Waals surface area contributed by atoms with Crippen LogP contribution in [0.3, 0.4) is 0 Å². The molecule has 2 rings (SSSR count). The average molecular weight is 315 g/mol. The first kappa shape index (κ1) is 16.4. The molecular formula is C16H17N3O4. The number of aryl methyl sites for hydroxylation is 1. The van der Waals surface area contributed by atoms with Crippen LogP contribution in [-0.2, 0) is 11.2 Å². The standard InChI is InChI=1S/C16H17N3O4/c1-11-14(8-17-10-19-11)16(22)18-7-6-12-2-4-13(5-3-12)23-9-15(20)21/h2-5,8,10H,6-7,9H2,1H3,(H,18,22)(H,20,21). The quantitative estimate of drug-likeness (QED) is 0.796. The third kappa shape index (κ3) is 5.06. The largest absolute Gasteiger partial charge is 0.482 e. The van der Waals surface area contributed by atoms with Crippen molar-refractivity contribution in [2.24, 2.45) is 0 Å². The molecule has 0 saturated carbocycles. The van der Waals surface area contributed by atoms with E-state index in [4.69, 9.17) is 9.84 Å². The number of carbonyl (C=O) groups excluding carboxylic acids is 1. The molecule has 7 heteroatoms. The van der Waals surface area contributed by atoms with Crippen molar-refractivity contribution in [2.75, 3.05) is 13.2 Å². The van der Waals surface area contributed by atoms with E-state index in [9.17, 15) is 9.59 Å². The summed E-state index contributed by atoms with van der Waals surface area (Å²) in [5.41, 5.74) is 2.11. The van der Waals surface area contributed by atoms with Gasteiger partial charge in [0, 0.05) is 12.7 Å². The van der Waals surface area contributed by atoms with E-state index in [1.807, 2.05) is 12.1 Å². The first-order chi connectivity index (χ1) is 11.1. The van der Waals surface area contributed by atoms with Crippen LogP contribution in [0.5, 0.6) is 5.75 Å². The molecule has 0 unspecified atom stereocenters. The van der Waals surface area contributed by atoms with Gasteiger partial charge in [0.2, 0.25) is 0 Å². The minimum atomic E-state index is -1.02. The number of hydrogen-bond donors (Lipinski definition) is 2. The fourth-order valence-electron chi connectivity index (χ4n) is 1.93. The first-order valence-corrected chi connectivity index (χ1v) is 7.04. The van der Waals surface area contributed by atoms with Gasteiger partial charge in [-0.1, -0.05) is 12.1 Å². The number of aliphatic carboxylic acids is 1. The van der Waals surface area contributed by atoms with Gasteiger partial charge in [-0.25, -0.2) is 14.8 Å². The number of carboxylic acids is 1. The van der Waals surface area contributed by atoms with Crippen LogP contribution in [0, 0.1) is 6.92 Å². The van der Waals surface area contributed by atoms with Crippen LogP contribution >= 0.6 is 0 Å². The molecular weight excluding hydrogens is 298 g/mol. The number of nitrogens with zero attached hydrogens (tertiary/aromatic N) is 2. The van der Waals surface area contributed by atoms with E-state index < -0.39 is 5.97 Å². The molecule has 23 heavy (non-hydrogen) atoms. The van der Waals surface area contributed by atoms with Crippen LogP contribution in [0.1, 0.15) is 21.6 Å². The van der Waals surface area contributed by atoms with E-state index in [0.29, 0.717) is 30.0 Å². The highest BCUT2D eigenvalue weighted by Gasteiger charge is 2.09. The number of hydrogen-bond acceptors (Lipinski definition) is 5. The average Bonchev–Trinajstić information content (AvgIpc) is 2.54. The van der Waals surface area contributed by atoms with Gasteiger partial charge in [0.25, 0.3) is 5.91 Å². The number of benzene rings is 1. The van der Waals surface area contributed by atoms with Crippen molar-refractivity contribution >= 4 is 11.9 Å².